The van der Waals surface area contributed by atoms with Crippen molar-refractivity contribution < 1.29 is 9.15 Å². The Morgan fingerprint density at radius 1 is 0.897 bits per heavy atom. The van der Waals surface area contributed by atoms with Gasteiger partial charge in [-0.3, -0.25) is 0 Å². The first kappa shape index (κ1) is 18.9. The molecule has 5 rings (SSSR count). The van der Waals surface area contributed by atoms with Gasteiger partial charge in [0, 0.05) is 33.4 Å². The summed E-state index contributed by atoms with van der Waals surface area (Å²) < 4.78 is 11.4. The third-order valence-corrected chi connectivity index (χ3v) is 7.00. The second-order valence-corrected chi connectivity index (χ2v) is 9.30. The molecule has 0 aliphatic carbocycles. The number of aromatic nitrogens is 2. The summed E-state index contributed by atoms with van der Waals surface area (Å²) in [4.78, 5) is 1.24. The number of hydrogen-bond acceptors (Lipinski definition) is 6. The van der Waals surface area contributed by atoms with Crippen LogP contribution in [0.4, 0.5) is 0 Å². The summed E-state index contributed by atoms with van der Waals surface area (Å²) in [6.07, 6.45) is 0.929. The molecule has 4 nitrogen and oxygen atoms in total. The summed E-state index contributed by atoms with van der Waals surface area (Å²) in [5.74, 6) is 3.36. The quantitative estimate of drug-likeness (QED) is 0.256. The van der Waals surface area contributed by atoms with E-state index in [4.69, 9.17) is 20.8 Å². The fourth-order valence-corrected chi connectivity index (χ4v) is 5.15. The Balaban J connectivity index is 1.17. The van der Waals surface area contributed by atoms with Crippen LogP contribution in [0.1, 0.15) is 5.56 Å². The number of halogens is 1. The predicted molar refractivity (Wildman–Crippen MR) is 119 cm³/mol. The Bertz CT molecular complexity index is 1180. The highest BCUT2D eigenvalue weighted by molar-refractivity contribution is 8.02. The minimum Gasteiger partial charge on any atom is -0.493 e. The number of thioether (sulfide) groups is 2. The summed E-state index contributed by atoms with van der Waals surface area (Å²) in [7, 11) is 0. The van der Waals surface area contributed by atoms with Crippen LogP contribution in [0.15, 0.2) is 69.1 Å². The zero-order chi connectivity index (χ0) is 19.6. The molecule has 0 radical (unpaired) electrons. The predicted octanol–water partition coefficient (Wildman–Crippen LogP) is 6.36. The SMILES string of the molecule is Clc1ccc2cc(SCCSc3nnc(-c4ccc5c(c4)CCO5)o3)ccc2c1. The van der Waals surface area contributed by atoms with Crippen molar-refractivity contribution in [2.75, 3.05) is 18.1 Å². The molecule has 0 unspecified atom stereocenters. The van der Waals surface area contributed by atoms with Gasteiger partial charge in [-0.25, -0.2) is 0 Å². The molecule has 0 saturated carbocycles. The van der Waals surface area contributed by atoms with E-state index in [1.807, 2.05) is 36.0 Å². The molecule has 0 spiro atoms. The molecule has 0 saturated heterocycles. The number of benzene rings is 3. The molecule has 0 fully saturated rings. The second kappa shape index (κ2) is 8.30. The Kier molecular flexibility index (Phi) is 5.40. The standard InChI is InChI=1S/C22H17ClN2O2S2/c23-18-4-1-15-13-19(5-2-14(15)12-18)28-9-10-29-22-25-24-21(27-22)17-3-6-20-16(11-17)7-8-26-20/h1-6,11-13H,7-10H2. The summed E-state index contributed by atoms with van der Waals surface area (Å²) in [5.41, 5.74) is 2.14. The van der Waals surface area contributed by atoms with E-state index in [1.165, 1.54) is 15.8 Å². The summed E-state index contributed by atoms with van der Waals surface area (Å²) >= 11 is 9.45. The maximum absolute atomic E-state index is 6.05. The zero-order valence-corrected chi connectivity index (χ0v) is 17.8. The summed E-state index contributed by atoms with van der Waals surface area (Å²) in [5, 5.41) is 12.1. The fourth-order valence-electron chi connectivity index (χ4n) is 3.28. The lowest BCUT2D eigenvalue weighted by Gasteiger charge is -2.04. The highest BCUT2D eigenvalue weighted by Gasteiger charge is 2.15. The van der Waals surface area contributed by atoms with Gasteiger partial charge >= 0.3 is 0 Å². The average Bonchev–Trinajstić information content (AvgIpc) is 3.40. The van der Waals surface area contributed by atoms with Crippen molar-refractivity contribution in [3.05, 3.63) is 65.2 Å². The topological polar surface area (TPSA) is 48.2 Å². The van der Waals surface area contributed by atoms with Gasteiger partial charge in [0.1, 0.15) is 5.75 Å². The Morgan fingerprint density at radius 3 is 2.72 bits per heavy atom. The minimum absolute atomic E-state index is 0.558. The lowest BCUT2D eigenvalue weighted by atomic mass is 10.1. The summed E-state index contributed by atoms with van der Waals surface area (Å²) in [6.45, 7) is 0.742. The van der Waals surface area contributed by atoms with Crippen molar-refractivity contribution in [2.24, 2.45) is 0 Å². The van der Waals surface area contributed by atoms with Gasteiger partial charge in [0.25, 0.3) is 5.22 Å². The first-order chi connectivity index (χ1) is 14.2. The van der Waals surface area contributed by atoms with Gasteiger partial charge in [0.05, 0.1) is 6.61 Å². The van der Waals surface area contributed by atoms with Gasteiger partial charge in [-0.2, -0.15) is 0 Å². The zero-order valence-electron chi connectivity index (χ0n) is 15.4. The molecule has 0 atom stereocenters. The van der Waals surface area contributed by atoms with Gasteiger partial charge in [0.2, 0.25) is 5.89 Å². The van der Waals surface area contributed by atoms with Crippen molar-refractivity contribution in [3.63, 3.8) is 0 Å². The highest BCUT2D eigenvalue weighted by Crippen LogP contribution is 2.31. The van der Waals surface area contributed by atoms with Crippen molar-refractivity contribution in [1.82, 2.24) is 10.2 Å². The lowest BCUT2D eigenvalue weighted by Crippen LogP contribution is -1.85. The largest absolute Gasteiger partial charge is 0.493 e. The first-order valence-electron chi connectivity index (χ1n) is 9.29. The first-order valence-corrected chi connectivity index (χ1v) is 11.6. The van der Waals surface area contributed by atoms with Crippen molar-refractivity contribution in [1.29, 1.82) is 0 Å². The summed E-state index contributed by atoms with van der Waals surface area (Å²) in [6, 6.07) is 18.4. The Labute approximate surface area is 182 Å². The maximum Gasteiger partial charge on any atom is 0.276 e. The van der Waals surface area contributed by atoms with E-state index in [1.54, 1.807) is 11.8 Å². The molecule has 7 heteroatoms. The second-order valence-electron chi connectivity index (χ2n) is 6.64. The van der Waals surface area contributed by atoms with Crippen LogP contribution >= 0.6 is 35.1 Å². The van der Waals surface area contributed by atoms with E-state index in [2.05, 4.69) is 40.5 Å². The van der Waals surface area contributed by atoms with E-state index >= 15 is 0 Å². The third-order valence-electron chi connectivity index (χ3n) is 4.69. The fraction of sp³-hybridized carbons (Fsp3) is 0.182. The lowest BCUT2D eigenvalue weighted by molar-refractivity contribution is 0.357. The highest BCUT2D eigenvalue weighted by atomic mass is 35.5. The van der Waals surface area contributed by atoms with Crippen molar-refractivity contribution >= 4 is 45.9 Å². The van der Waals surface area contributed by atoms with Gasteiger partial charge in [-0.15, -0.1) is 22.0 Å². The van der Waals surface area contributed by atoms with Crippen LogP contribution < -0.4 is 4.74 Å². The van der Waals surface area contributed by atoms with Crippen molar-refractivity contribution in [3.8, 4) is 17.2 Å². The maximum atomic E-state index is 6.05. The van der Waals surface area contributed by atoms with Gasteiger partial charge in [-0.05, 0) is 58.8 Å². The number of fused-ring (bicyclic) bond motifs is 2. The van der Waals surface area contributed by atoms with Crippen molar-refractivity contribution in [2.45, 2.75) is 16.5 Å². The minimum atomic E-state index is 0.558. The molecular weight excluding hydrogens is 424 g/mol. The monoisotopic (exact) mass is 440 g/mol. The molecule has 1 aliphatic heterocycles. The van der Waals surface area contributed by atoms with Crippen LogP contribution in [0.5, 0.6) is 5.75 Å². The molecular formula is C22H17ClN2O2S2. The van der Waals surface area contributed by atoms with Crippen LogP contribution in [0.25, 0.3) is 22.2 Å². The third kappa shape index (κ3) is 4.25. The normalized spacial score (nSPS) is 12.9. The molecule has 146 valence electrons. The molecule has 0 bridgehead atoms. The van der Waals surface area contributed by atoms with Gasteiger partial charge < -0.3 is 9.15 Å². The molecule has 2 heterocycles. The number of rotatable bonds is 6. The van der Waals surface area contributed by atoms with Gasteiger partial charge in [0.15, 0.2) is 0 Å². The molecule has 1 aromatic heterocycles. The molecule has 3 aromatic carbocycles. The van der Waals surface area contributed by atoms with Crippen LogP contribution in [0.2, 0.25) is 5.02 Å². The van der Waals surface area contributed by atoms with E-state index in [0.29, 0.717) is 11.1 Å². The molecule has 1 aliphatic rings. The van der Waals surface area contributed by atoms with Crippen LogP contribution in [0, 0.1) is 0 Å². The molecule has 0 N–H and O–H groups in total. The Morgan fingerprint density at radius 2 is 1.76 bits per heavy atom. The van der Waals surface area contributed by atoms with Crippen LogP contribution in [-0.4, -0.2) is 28.3 Å². The Hall–Kier alpha value is -2.15. The van der Waals surface area contributed by atoms with Crippen LogP contribution in [0.3, 0.4) is 0 Å². The smallest absolute Gasteiger partial charge is 0.276 e. The van der Waals surface area contributed by atoms with Crippen LogP contribution in [-0.2, 0) is 6.42 Å². The van der Waals surface area contributed by atoms with Gasteiger partial charge in [-0.1, -0.05) is 35.5 Å². The van der Waals surface area contributed by atoms with E-state index in [9.17, 15) is 0 Å². The number of hydrogen-bond donors (Lipinski definition) is 0. The number of ether oxygens (including phenoxy) is 1. The van der Waals surface area contributed by atoms with E-state index in [0.717, 1.165) is 46.3 Å². The molecule has 4 aromatic rings. The van der Waals surface area contributed by atoms with E-state index in [-0.39, 0.29) is 0 Å². The average molecular weight is 441 g/mol. The van der Waals surface area contributed by atoms with E-state index < -0.39 is 0 Å². The molecule has 29 heavy (non-hydrogen) atoms. The number of nitrogens with zero attached hydrogens (tertiary/aromatic N) is 2. The molecule has 0 amide bonds.